The molecule has 1 aromatic heterocycles. The monoisotopic (exact) mass is 303 g/mol. The number of thiazole rings is 1. The highest BCUT2D eigenvalue weighted by atomic mass is 127. The van der Waals surface area contributed by atoms with Crippen molar-refractivity contribution in [3.05, 3.63) is 26.8 Å². The molecule has 2 aromatic rings. The van der Waals surface area contributed by atoms with Crippen LogP contribution in [0.25, 0.3) is 10.2 Å². The minimum atomic E-state index is 0.537. The van der Waals surface area contributed by atoms with Crippen molar-refractivity contribution in [2.24, 2.45) is 0 Å². The smallest absolute Gasteiger partial charge is 0.0963 e. The van der Waals surface area contributed by atoms with E-state index in [2.05, 4.69) is 59.6 Å². The highest BCUT2D eigenvalue weighted by Crippen LogP contribution is 2.27. The molecule has 0 saturated heterocycles. The minimum absolute atomic E-state index is 0.537. The molecule has 1 heterocycles. The van der Waals surface area contributed by atoms with E-state index in [9.17, 15) is 0 Å². The maximum Gasteiger partial charge on any atom is 0.0963 e. The maximum atomic E-state index is 4.59. The molecule has 3 heteroatoms. The molecular formula is C10H10INS. The summed E-state index contributed by atoms with van der Waals surface area (Å²) in [5.41, 5.74) is 1.14. The Labute approximate surface area is 95.3 Å². The van der Waals surface area contributed by atoms with Crippen molar-refractivity contribution in [3.63, 3.8) is 0 Å². The lowest BCUT2D eigenvalue weighted by atomic mass is 10.2. The number of nitrogens with zero attached hydrogens (tertiary/aromatic N) is 1. The third-order valence-corrected chi connectivity index (χ3v) is 3.87. The summed E-state index contributed by atoms with van der Waals surface area (Å²) in [6.45, 7) is 4.37. The van der Waals surface area contributed by atoms with E-state index in [0.717, 1.165) is 5.52 Å². The molecule has 0 amide bonds. The molecule has 68 valence electrons. The van der Waals surface area contributed by atoms with Crippen molar-refractivity contribution >= 4 is 44.1 Å². The van der Waals surface area contributed by atoms with E-state index in [1.807, 2.05) is 0 Å². The van der Waals surface area contributed by atoms with E-state index >= 15 is 0 Å². The molecule has 0 fully saturated rings. The zero-order chi connectivity index (χ0) is 9.42. The molecule has 0 aliphatic carbocycles. The van der Waals surface area contributed by atoms with Gasteiger partial charge in [-0.2, -0.15) is 0 Å². The summed E-state index contributed by atoms with van der Waals surface area (Å²) in [4.78, 5) is 4.59. The fraction of sp³-hybridized carbons (Fsp3) is 0.300. The third-order valence-electron chi connectivity index (χ3n) is 1.86. The Morgan fingerprint density at radius 2 is 2.15 bits per heavy atom. The number of fused-ring (bicyclic) bond motifs is 1. The van der Waals surface area contributed by atoms with Gasteiger partial charge in [-0.1, -0.05) is 13.8 Å². The Hall–Kier alpha value is -0.160. The number of hydrogen-bond acceptors (Lipinski definition) is 2. The Bertz CT molecular complexity index is 433. The first-order valence-corrected chi connectivity index (χ1v) is 6.12. The Balaban J connectivity index is 2.62. The molecule has 0 atom stereocenters. The Morgan fingerprint density at radius 1 is 1.38 bits per heavy atom. The van der Waals surface area contributed by atoms with Crippen LogP contribution in [-0.2, 0) is 0 Å². The summed E-state index contributed by atoms with van der Waals surface area (Å²) in [7, 11) is 0. The topological polar surface area (TPSA) is 12.9 Å². The van der Waals surface area contributed by atoms with Gasteiger partial charge in [-0.3, -0.25) is 0 Å². The second-order valence-electron chi connectivity index (χ2n) is 3.32. The highest BCUT2D eigenvalue weighted by molar-refractivity contribution is 14.1. The van der Waals surface area contributed by atoms with Gasteiger partial charge >= 0.3 is 0 Å². The number of halogens is 1. The van der Waals surface area contributed by atoms with Gasteiger partial charge in [-0.05, 0) is 40.8 Å². The van der Waals surface area contributed by atoms with E-state index in [4.69, 9.17) is 0 Å². The fourth-order valence-corrected chi connectivity index (χ4v) is 2.59. The molecule has 0 aliphatic heterocycles. The molecular weight excluding hydrogens is 293 g/mol. The number of benzene rings is 1. The van der Waals surface area contributed by atoms with E-state index < -0.39 is 0 Å². The van der Waals surface area contributed by atoms with Crippen LogP contribution < -0.4 is 0 Å². The van der Waals surface area contributed by atoms with Crippen LogP contribution in [0.1, 0.15) is 24.8 Å². The van der Waals surface area contributed by atoms with Gasteiger partial charge in [0.15, 0.2) is 0 Å². The summed E-state index contributed by atoms with van der Waals surface area (Å²) < 4.78 is 2.55. The molecule has 2 rings (SSSR count). The lowest BCUT2D eigenvalue weighted by Crippen LogP contribution is -1.83. The first-order valence-electron chi connectivity index (χ1n) is 4.23. The summed E-state index contributed by atoms with van der Waals surface area (Å²) >= 11 is 4.12. The van der Waals surface area contributed by atoms with Gasteiger partial charge < -0.3 is 0 Å². The largest absolute Gasteiger partial charge is 0.241 e. The zero-order valence-electron chi connectivity index (χ0n) is 7.54. The van der Waals surface area contributed by atoms with Crippen molar-refractivity contribution in [3.8, 4) is 0 Å². The zero-order valence-corrected chi connectivity index (χ0v) is 10.5. The molecule has 0 unspecified atom stereocenters. The van der Waals surface area contributed by atoms with Crippen LogP contribution in [0.3, 0.4) is 0 Å². The van der Waals surface area contributed by atoms with Gasteiger partial charge in [0.2, 0.25) is 0 Å². The lowest BCUT2D eigenvalue weighted by molar-refractivity contribution is 0.857. The van der Waals surface area contributed by atoms with Gasteiger partial charge in [0, 0.05) is 9.49 Å². The summed E-state index contributed by atoms with van der Waals surface area (Å²) in [6.07, 6.45) is 0. The third kappa shape index (κ3) is 1.86. The van der Waals surface area contributed by atoms with Crippen molar-refractivity contribution in [1.82, 2.24) is 4.98 Å². The molecule has 0 aliphatic rings. The predicted octanol–water partition coefficient (Wildman–Crippen LogP) is 4.02. The first-order chi connectivity index (χ1) is 6.16. The quantitative estimate of drug-likeness (QED) is 0.725. The van der Waals surface area contributed by atoms with Crippen LogP contribution in [0, 0.1) is 3.57 Å². The van der Waals surface area contributed by atoms with E-state index in [1.165, 1.54) is 13.3 Å². The van der Waals surface area contributed by atoms with Gasteiger partial charge in [-0.25, -0.2) is 4.98 Å². The highest BCUT2D eigenvalue weighted by Gasteiger charge is 2.06. The first kappa shape index (κ1) is 9.40. The Kier molecular flexibility index (Phi) is 2.55. The van der Waals surface area contributed by atoms with Crippen LogP contribution in [0.2, 0.25) is 0 Å². The predicted molar refractivity (Wildman–Crippen MR) is 66.4 cm³/mol. The molecule has 0 radical (unpaired) electrons. The van der Waals surface area contributed by atoms with Crippen molar-refractivity contribution in [2.75, 3.05) is 0 Å². The van der Waals surface area contributed by atoms with Gasteiger partial charge in [0.1, 0.15) is 0 Å². The summed E-state index contributed by atoms with van der Waals surface area (Å²) in [5.74, 6) is 0.537. The molecule has 0 N–H and O–H groups in total. The maximum absolute atomic E-state index is 4.59. The van der Waals surface area contributed by atoms with E-state index in [-0.39, 0.29) is 0 Å². The van der Waals surface area contributed by atoms with Crippen LogP contribution in [0.4, 0.5) is 0 Å². The summed E-state index contributed by atoms with van der Waals surface area (Å²) in [6, 6.07) is 6.42. The number of hydrogen-bond donors (Lipinski definition) is 0. The van der Waals surface area contributed by atoms with Crippen LogP contribution >= 0.6 is 33.9 Å². The average molecular weight is 303 g/mol. The molecule has 0 bridgehead atoms. The van der Waals surface area contributed by atoms with Gasteiger partial charge in [0.05, 0.1) is 15.2 Å². The second kappa shape index (κ2) is 3.53. The van der Waals surface area contributed by atoms with Crippen LogP contribution in [0.5, 0.6) is 0 Å². The normalized spacial score (nSPS) is 11.4. The van der Waals surface area contributed by atoms with Crippen molar-refractivity contribution in [1.29, 1.82) is 0 Å². The number of rotatable bonds is 1. The standard InChI is InChI=1S/C10H10INS/c1-6(2)10-12-8-5-7(11)3-4-9(8)13-10/h3-6H,1-2H3. The fourth-order valence-electron chi connectivity index (χ4n) is 1.17. The van der Waals surface area contributed by atoms with Crippen LogP contribution in [-0.4, -0.2) is 4.98 Å². The van der Waals surface area contributed by atoms with Crippen molar-refractivity contribution in [2.45, 2.75) is 19.8 Å². The molecule has 0 saturated carbocycles. The molecule has 1 aromatic carbocycles. The lowest BCUT2D eigenvalue weighted by Gasteiger charge is -1.94. The molecule has 13 heavy (non-hydrogen) atoms. The number of aromatic nitrogens is 1. The second-order valence-corrected chi connectivity index (χ2v) is 5.63. The average Bonchev–Trinajstić information content (AvgIpc) is 2.46. The van der Waals surface area contributed by atoms with Crippen molar-refractivity contribution < 1.29 is 0 Å². The van der Waals surface area contributed by atoms with E-state index in [0.29, 0.717) is 5.92 Å². The van der Waals surface area contributed by atoms with Gasteiger partial charge in [0.25, 0.3) is 0 Å². The van der Waals surface area contributed by atoms with E-state index in [1.54, 1.807) is 11.3 Å². The van der Waals surface area contributed by atoms with Crippen LogP contribution in [0.15, 0.2) is 18.2 Å². The SMILES string of the molecule is CC(C)c1nc2cc(I)ccc2s1. The minimum Gasteiger partial charge on any atom is -0.241 e. The molecule has 1 nitrogen and oxygen atoms in total. The Morgan fingerprint density at radius 3 is 2.85 bits per heavy atom. The molecule has 0 spiro atoms. The summed E-state index contributed by atoms with van der Waals surface area (Å²) in [5, 5.41) is 1.23. The van der Waals surface area contributed by atoms with Gasteiger partial charge in [-0.15, -0.1) is 11.3 Å².